The zero-order chi connectivity index (χ0) is 17.4. The topological polar surface area (TPSA) is 64.0 Å². The molecular weight excluding hydrogens is 314 g/mol. The minimum Gasteiger partial charge on any atom is -0.350 e. The molecule has 0 spiro atoms. The summed E-state index contributed by atoms with van der Waals surface area (Å²) >= 11 is 0. The Morgan fingerprint density at radius 1 is 1.12 bits per heavy atom. The normalized spacial score (nSPS) is 17.5. The largest absolute Gasteiger partial charge is 0.350 e. The summed E-state index contributed by atoms with van der Waals surface area (Å²) in [5.41, 5.74) is 2.33. The number of benzene rings is 1. The number of fused-ring (bicyclic) bond motifs is 2. The molecule has 0 saturated carbocycles. The fourth-order valence-electron chi connectivity index (χ4n) is 3.42. The Bertz CT molecular complexity index is 1010. The van der Waals surface area contributed by atoms with Gasteiger partial charge in [-0.15, -0.1) is 0 Å². The summed E-state index contributed by atoms with van der Waals surface area (Å²) < 4.78 is 1.60. The summed E-state index contributed by atoms with van der Waals surface area (Å²) in [6.45, 7) is 3.22. The van der Waals surface area contributed by atoms with Crippen LogP contribution in [0.1, 0.15) is 23.8 Å². The number of aromatic nitrogens is 2. The summed E-state index contributed by atoms with van der Waals surface area (Å²) in [5.74, 6) is 0.122. The van der Waals surface area contributed by atoms with Gasteiger partial charge in [-0.1, -0.05) is 43.3 Å². The van der Waals surface area contributed by atoms with Crippen molar-refractivity contribution in [2.45, 2.75) is 19.9 Å². The van der Waals surface area contributed by atoms with Gasteiger partial charge in [0.25, 0.3) is 11.5 Å². The van der Waals surface area contributed by atoms with E-state index in [1.807, 2.05) is 36.4 Å². The molecule has 5 heteroatoms. The van der Waals surface area contributed by atoms with Gasteiger partial charge < -0.3 is 9.88 Å². The maximum atomic E-state index is 13.0. The molecule has 1 unspecified atom stereocenters. The van der Waals surface area contributed by atoms with E-state index in [9.17, 15) is 9.59 Å². The first kappa shape index (κ1) is 15.6. The zero-order valence-corrected chi connectivity index (χ0v) is 14.0. The third kappa shape index (κ3) is 2.61. The Morgan fingerprint density at radius 2 is 1.92 bits per heavy atom. The van der Waals surface area contributed by atoms with E-state index >= 15 is 0 Å². The van der Waals surface area contributed by atoms with Gasteiger partial charge in [0.2, 0.25) is 0 Å². The van der Waals surface area contributed by atoms with Crippen LogP contribution in [0.5, 0.6) is 0 Å². The lowest BCUT2D eigenvalue weighted by molar-refractivity contribution is 0.0930. The van der Waals surface area contributed by atoms with E-state index in [2.05, 4.69) is 17.2 Å². The molecule has 0 saturated heterocycles. The Labute approximate surface area is 145 Å². The molecule has 1 amide bonds. The standard InChI is InChI=1S/C20H19N3O2/c1-13-9-11-23-18(19(24)22-12-13)16(14-6-3-2-4-7-14)15-8-5-10-21-17(15)20(23)25/h2-8,10,13H,9,11-12H2,1H3,(H,22,24). The van der Waals surface area contributed by atoms with Gasteiger partial charge in [0.05, 0.1) is 0 Å². The first-order valence-electron chi connectivity index (χ1n) is 8.52. The number of hydrogen-bond acceptors (Lipinski definition) is 3. The monoisotopic (exact) mass is 333 g/mol. The second-order valence-corrected chi connectivity index (χ2v) is 6.55. The number of carbonyl (C=O) groups excluding carboxylic acids is 1. The van der Waals surface area contributed by atoms with Gasteiger partial charge in [0, 0.05) is 30.2 Å². The highest BCUT2D eigenvalue weighted by Crippen LogP contribution is 2.30. The predicted molar refractivity (Wildman–Crippen MR) is 97.6 cm³/mol. The van der Waals surface area contributed by atoms with E-state index in [-0.39, 0.29) is 11.5 Å². The van der Waals surface area contributed by atoms with Gasteiger partial charge >= 0.3 is 0 Å². The predicted octanol–water partition coefficient (Wildman–Crippen LogP) is 2.83. The average Bonchev–Trinajstić information content (AvgIpc) is 2.65. The molecule has 1 aliphatic heterocycles. The third-order valence-corrected chi connectivity index (χ3v) is 4.77. The average molecular weight is 333 g/mol. The molecule has 25 heavy (non-hydrogen) atoms. The van der Waals surface area contributed by atoms with E-state index in [1.54, 1.807) is 16.8 Å². The van der Waals surface area contributed by atoms with Crippen LogP contribution in [-0.4, -0.2) is 22.0 Å². The fourth-order valence-corrected chi connectivity index (χ4v) is 3.42. The summed E-state index contributed by atoms with van der Waals surface area (Å²) in [7, 11) is 0. The molecule has 5 nitrogen and oxygen atoms in total. The summed E-state index contributed by atoms with van der Waals surface area (Å²) in [4.78, 5) is 30.2. The number of pyridine rings is 2. The number of amides is 1. The van der Waals surface area contributed by atoms with Crippen molar-refractivity contribution in [3.63, 3.8) is 0 Å². The van der Waals surface area contributed by atoms with Crippen LogP contribution in [0.4, 0.5) is 0 Å². The van der Waals surface area contributed by atoms with Gasteiger partial charge in [0.15, 0.2) is 0 Å². The Kier molecular flexibility index (Phi) is 3.84. The molecule has 126 valence electrons. The highest BCUT2D eigenvalue weighted by atomic mass is 16.2. The molecule has 2 aromatic heterocycles. The summed E-state index contributed by atoms with van der Waals surface area (Å²) in [6.07, 6.45) is 2.46. The van der Waals surface area contributed by atoms with E-state index < -0.39 is 0 Å². The van der Waals surface area contributed by atoms with Gasteiger partial charge in [-0.25, -0.2) is 0 Å². The van der Waals surface area contributed by atoms with E-state index in [4.69, 9.17) is 0 Å². The minimum atomic E-state index is -0.201. The second-order valence-electron chi connectivity index (χ2n) is 6.55. The fraction of sp³-hybridized carbons (Fsp3) is 0.250. The van der Waals surface area contributed by atoms with Crippen LogP contribution in [-0.2, 0) is 6.54 Å². The number of carbonyl (C=O) groups is 1. The molecular formula is C20H19N3O2. The Morgan fingerprint density at radius 3 is 2.72 bits per heavy atom. The lowest BCUT2D eigenvalue weighted by Crippen LogP contribution is -2.38. The van der Waals surface area contributed by atoms with E-state index in [0.717, 1.165) is 17.5 Å². The molecule has 0 aliphatic carbocycles. The van der Waals surface area contributed by atoms with Gasteiger partial charge in [-0.05, 0) is 24.0 Å². The molecule has 3 aromatic rings. The molecule has 3 heterocycles. The maximum absolute atomic E-state index is 13.0. The molecule has 1 atom stereocenters. The molecule has 1 N–H and O–H groups in total. The van der Waals surface area contributed by atoms with Gasteiger partial charge in [0.1, 0.15) is 11.2 Å². The lowest BCUT2D eigenvalue weighted by Gasteiger charge is -2.23. The van der Waals surface area contributed by atoms with Crippen LogP contribution in [0.25, 0.3) is 22.0 Å². The van der Waals surface area contributed by atoms with Crippen molar-refractivity contribution in [3.05, 3.63) is 64.7 Å². The van der Waals surface area contributed by atoms with E-state index in [0.29, 0.717) is 35.6 Å². The van der Waals surface area contributed by atoms with Crippen molar-refractivity contribution in [2.75, 3.05) is 6.54 Å². The Balaban J connectivity index is 2.13. The quantitative estimate of drug-likeness (QED) is 0.745. The van der Waals surface area contributed by atoms with Gasteiger partial charge in [-0.2, -0.15) is 0 Å². The van der Waals surface area contributed by atoms with Gasteiger partial charge in [-0.3, -0.25) is 14.6 Å². The van der Waals surface area contributed by atoms with Crippen molar-refractivity contribution >= 4 is 16.8 Å². The van der Waals surface area contributed by atoms with Crippen molar-refractivity contribution < 1.29 is 4.79 Å². The number of nitrogens with zero attached hydrogens (tertiary/aromatic N) is 2. The van der Waals surface area contributed by atoms with Crippen molar-refractivity contribution in [2.24, 2.45) is 5.92 Å². The first-order valence-corrected chi connectivity index (χ1v) is 8.52. The maximum Gasteiger partial charge on any atom is 0.277 e. The molecule has 0 radical (unpaired) electrons. The lowest BCUT2D eigenvalue weighted by atomic mass is 9.96. The summed E-state index contributed by atoms with van der Waals surface area (Å²) in [6, 6.07) is 13.4. The number of nitrogens with one attached hydrogen (secondary N) is 1. The van der Waals surface area contributed by atoms with Crippen LogP contribution < -0.4 is 10.9 Å². The molecule has 0 bridgehead atoms. The highest BCUT2D eigenvalue weighted by molar-refractivity contribution is 6.07. The SMILES string of the molecule is CC1CCn2c(c(-c3ccccc3)c3cccnc3c2=O)C(=O)NC1. The van der Waals surface area contributed by atoms with Crippen LogP contribution in [0.15, 0.2) is 53.5 Å². The van der Waals surface area contributed by atoms with Crippen LogP contribution in [0.3, 0.4) is 0 Å². The highest BCUT2D eigenvalue weighted by Gasteiger charge is 2.25. The zero-order valence-electron chi connectivity index (χ0n) is 14.0. The van der Waals surface area contributed by atoms with Crippen molar-refractivity contribution in [1.82, 2.24) is 14.9 Å². The smallest absolute Gasteiger partial charge is 0.277 e. The molecule has 0 fully saturated rings. The minimum absolute atomic E-state index is 0.200. The van der Waals surface area contributed by atoms with Crippen LogP contribution in [0.2, 0.25) is 0 Å². The second kappa shape index (κ2) is 6.16. The van der Waals surface area contributed by atoms with Crippen molar-refractivity contribution in [3.8, 4) is 11.1 Å². The molecule has 4 rings (SSSR count). The Hall–Kier alpha value is -2.95. The number of hydrogen-bond donors (Lipinski definition) is 1. The van der Waals surface area contributed by atoms with Crippen molar-refractivity contribution in [1.29, 1.82) is 0 Å². The van der Waals surface area contributed by atoms with E-state index in [1.165, 1.54) is 0 Å². The molecule has 1 aliphatic rings. The summed E-state index contributed by atoms with van der Waals surface area (Å²) in [5, 5.41) is 3.69. The molecule has 1 aromatic carbocycles. The third-order valence-electron chi connectivity index (χ3n) is 4.77. The number of rotatable bonds is 1. The van der Waals surface area contributed by atoms with Crippen LogP contribution >= 0.6 is 0 Å². The van der Waals surface area contributed by atoms with Crippen LogP contribution in [0, 0.1) is 5.92 Å². The first-order chi connectivity index (χ1) is 12.2.